The molecule has 0 unspecified atom stereocenters. The van der Waals surface area contributed by atoms with Gasteiger partial charge >= 0.3 is 0 Å². The molecule has 6 heteroatoms. The number of carbonyl (C=O) groups is 1. The summed E-state index contributed by atoms with van der Waals surface area (Å²) < 4.78 is 0.964. The predicted octanol–water partition coefficient (Wildman–Crippen LogP) is 2.85. The molecule has 1 heterocycles. The first-order valence-electron chi connectivity index (χ1n) is 4.96. The van der Waals surface area contributed by atoms with Gasteiger partial charge in [-0.2, -0.15) is 0 Å². The lowest BCUT2D eigenvalue weighted by atomic mass is 10.2. The first-order chi connectivity index (χ1) is 8.15. The molecule has 17 heavy (non-hydrogen) atoms. The largest absolute Gasteiger partial charge is 0.293 e. The van der Waals surface area contributed by atoms with E-state index < -0.39 is 0 Å². The van der Waals surface area contributed by atoms with E-state index in [1.54, 1.807) is 12.1 Å². The van der Waals surface area contributed by atoms with Crippen LogP contribution in [0.2, 0.25) is 0 Å². The van der Waals surface area contributed by atoms with E-state index in [0.29, 0.717) is 16.5 Å². The monoisotopic (exact) mass is 311 g/mol. The summed E-state index contributed by atoms with van der Waals surface area (Å²) in [5, 5.41) is 7.31. The van der Waals surface area contributed by atoms with Gasteiger partial charge in [0.15, 0.2) is 5.78 Å². The third-order valence-corrected chi connectivity index (χ3v) is 3.45. The second kappa shape index (κ2) is 5.46. The third kappa shape index (κ3) is 3.41. The summed E-state index contributed by atoms with van der Waals surface area (Å²) in [7, 11) is 0. The number of aryl methyl sites for hydroxylation is 1. The highest BCUT2D eigenvalue weighted by Crippen LogP contribution is 2.16. The van der Waals surface area contributed by atoms with Gasteiger partial charge in [0.25, 0.3) is 0 Å². The van der Waals surface area contributed by atoms with Crippen LogP contribution in [-0.4, -0.2) is 26.7 Å². The average molecular weight is 312 g/mol. The minimum Gasteiger partial charge on any atom is -0.293 e. The number of benzene rings is 1. The number of hydrogen-bond donors (Lipinski definition) is 1. The predicted molar refractivity (Wildman–Crippen MR) is 70.3 cm³/mol. The summed E-state index contributed by atoms with van der Waals surface area (Å²) in [5.74, 6) is 1.17. The maximum Gasteiger partial charge on any atom is 0.208 e. The maximum absolute atomic E-state index is 11.8. The molecule has 2 rings (SSSR count). The van der Waals surface area contributed by atoms with Gasteiger partial charge in [0.2, 0.25) is 5.16 Å². The molecule has 0 aliphatic carbocycles. The molecule has 0 aliphatic heterocycles. The minimum atomic E-state index is 0.0740. The van der Waals surface area contributed by atoms with Crippen molar-refractivity contribution in [2.45, 2.75) is 12.1 Å². The molecule has 0 saturated carbocycles. The second-order valence-corrected chi connectivity index (χ2v) is 5.28. The van der Waals surface area contributed by atoms with Gasteiger partial charge in [-0.05, 0) is 19.1 Å². The first-order valence-corrected chi connectivity index (χ1v) is 6.73. The zero-order valence-corrected chi connectivity index (χ0v) is 11.5. The zero-order valence-electron chi connectivity index (χ0n) is 9.11. The Hall–Kier alpha value is -1.14. The number of aromatic nitrogens is 3. The Kier molecular flexibility index (Phi) is 3.96. The molecule has 0 fully saturated rings. The Labute approximate surface area is 111 Å². The van der Waals surface area contributed by atoms with Crippen molar-refractivity contribution in [2.24, 2.45) is 0 Å². The van der Waals surface area contributed by atoms with Gasteiger partial charge in [-0.25, -0.2) is 4.98 Å². The lowest BCUT2D eigenvalue weighted by molar-refractivity contribution is 0.102. The molecule has 0 atom stereocenters. The van der Waals surface area contributed by atoms with Crippen molar-refractivity contribution in [3.63, 3.8) is 0 Å². The average Bonchev–Trinajstić information content (AvgIpc) is 2.73. The van der Waals surface area contributed by atoms with E-state index in [0.717, 1.165) is 10.3 Å². The van der Waals surface area contributed by atoms with Crippen molar-refractivity contribution in [2.75, 3.05) is 5.75 Å². The summed E-state index contributed by atoms with van der Waals surface area (Å²) in [6, 6.07) is 7.32. The third-order valence-electron chi connectivity index (χ3n) is 2.08. The van der Waals surface area contributed by atoms with Gasteiger partial charge in [0.05, 0.1) is 5.75 Å². The Balaban J connectivity index is 1.95. The lowest BCUT2D eigenvalue weighted by Crippen LogP contribution is -2.02. The molecule has 0 saturated heterocycles. The van der Waals surface area contributed by atoms with Crippen LogP contribution < -0.4 is 0 Å². The van der Waals surface area contributed by atoms with E-state index in [2.05, 4.69) is 31.1 Å². The molecular formula is C11H10BrN3OS. The quantitative estimate of drug-likeness (QED) is 0.697. The van der Waals surface area contributed by atoms with E-state index in [-0.39, 0.29) is 5.78 Å². The SMILES string of the molecule is Cc1nc(SCC(=O)c2ccc(Br)cc2)n[nH]1. The molecule has 0 amide bonds. The molecule has 0 bridgehead atoms. The van der Waals surface area contributed by atoms with Crippen LogP contribution in [-0.2, 0) is 0 Å². The van der Waals surface area contributed by atoms with Gasteiger partial charge in [-0.15, -0.1) is 5.10 Å². The highest BCUT2D eigenvalue weighted by Gasteiger charge is 2.08. The number of aromatic amines is 1. The molecule has 4 nitrogen and oxygen atoms in total. The van der Waals surface area contributed by atoms with E-state index in [1.807, 2.05) is 19.1 Å². The van der Waals surface area contributed by atoms with E-state index >= 15 is 0 Å². The molecule has 88 valence electrons. The van der Waals surface area contributed by atoms with Gasteiger partial charge in [-0.1, -0.05) is 39.8 Å². The van der Waals surface area contributed by atoms with Crippen molar-refractivity contribution in [1.29, 1.82) is 0 Å². The van der Waals surface area contributed by atoms with E-state index in [9.17, 15) is 4.79 Å². The number of hydrogen-bond acceptors (Lipinski definition) is 4. The number of thioether (sulfide) groups is 1. The van der Waals surface area contributed by atoms with Crippen LogP contribution in [0.15, 0.2) is 33.9 Å². The second-order valence-electron chi connectivity index (χ2n) is 3.42. The van der Waals surface area contributed by atoms with Crippen LogP contribution in [0.1, 0.15) is 16.2 Å². The standard InChI is InChI=1S/C11H10BrN3OS/c1-7-13-11(15-14-7)17-6-10(16)8-2-4-9(12)5-3-8/h2-5H,6H2,1H3,(H,13,14,15). The fourth-order valence-electron chi connectivity index (χ4n) is 1.24. The number of ketones is 1. The molecule has 1 aromatic carbocycles. The van der Waals surface area contributed by atoms with E-state index in [1.165, 1.54) is 11.8 Å². The van der Waals surface area contributed by atoms with Crippen LogP contribution in [0.4, 0.5) is 0 Å². The molecule has 0 aliphatic rings. The number of nitrogens with zero attached hydrogens (tertiary/aromatic N) is 2. The van der Waals surface area contributed by atoms with Gasteiger partial charge < -0.3 is 0 Å². The summed E-state index contributed by atoms with van der Waals surface area (Å²) in [4.78, 5) is 16.0. The number of H-pyrrole nitrogens is 1. The number of rotatable bonds is 4. The fourth-order valence-corrected chi connectivity index (χ4v) is 2.24. The lowest BCUT2D eigenvalue weighted by Gasteiger charge is -1.99. The van der Waals surface area contributed by atoms with Crippen LogP contribution >= 0.6 is 27.7 Å². The Morgan fingerprint density at radius 2 is 2.12 bits per heavy atom. The minimum absolute atomic E-state index is 0.0740. The van der Waals surface area contributed by atoms with Crippen molar-refractivity contribution < 1.29 is 4.79 Å². The Morgan fingerprint density at radius 1 is 1.41 bits per heavy atom. The van der Waals surface area contributed by atoms with Crippen molar-refractivity contribution in [1.82, 2.24) is 15.2 Å². The molecule has 0 radical (unpaired) electrons. The van der Waals surface area contributed by atoms with Gasteiger partial charge in [0.1, 0.15) is 5.82 Å². The Morgan fingerprint density at radius 3 is 2.71 bits per heavy atom. The summed E-state index contributed by atoms with van der Waals surface area (Å²) in [5.41, 5.74) is 0.702. The molecule has 1 aromatic heterocycles. The number of halogens is 1. The summed E-state index contributed by atoms with van der Waals surface area (Å²) in [6.45, 7) is 1.83. The number of Topliss-reactive ketones (excluding diaryl/α,β-unsaturated/α-hetero) is 1. The van der Waals surface area contributed by atoms with Crippen molar-refractivity contribution >= 4 is 33.5 Å². The van der Waals surface area contributed by atoms with Crippen LogP contribution in [0.3, 0.4) is 0 Å². The topological polar surface area (TPSA) is 58.6 Å². The molecular weight excluding hydrogens is 302 g/mol. The molecule has 0 spiro atoms. The normalized spacial score (nSPS) is 10.5. The maximum atomic E-state index is 11.8. The van der Waals surface area contributed by atoms with Crippen molar-refractivity contribution in [3.8, 4) is 0 Å². The number of carbonyl (C=O) groups excluding carboxylic acids is 1. The zero-order chi connectivity index (χ0) is 12.3. The summed E-state index contributed by atoms with van der Waals surface area (Å²) in [6.07, 6.45) is 0. The van der Waals surface area contributed by atoms with Crippen LogP contribution in [0.5, 0.6) is 0 Å². The summed E-state index contributed by atoms with van der Waals surface area (Å²) >= 11 is 4.67. The molecule has 2 aromatic rings. The molecule has 1 N–H and O–H groups in total. The van der Waals surface area contributed by atoms with E-state index in [4.69, 9.17) is 0 Å². The van der Waals surface area contributed by atoms with Gasteiger partial charge in [0, 0.05) is 10.0 Å². The fraction of sp³-hybridized carbons (Fsp3) is 0.182. The smallest absolute Gasteiger partial charge is 0.208 e. The first kappa shape index (κ1) is 12.3. The van der Waals surface area contributed by atoms with Crippen molar-refractivity contribution in [3.05, 3.63) is 40.1 Å². The van der Waals surface area contributed by atoms with Crippen LogP contribution in [0, 0.1) is 6.92 Å². The highest BCUT2D eigenvalue weighted by atomic mass is 79.9. The highest BCUT2D eigenvalue weighted by molar-refractivity contribution is 9.10. The Bertz CT molecular complexity index is 524. The van der Waals surface area contributed by atoms with Crippen LogP contribution in [0.25, 0.3) is 0 Å². The number of nitrogens with one attached hydrogen (secondary N) is 1. The van der Waals surface area contributed by atoms with Gasteiger partial charge in [-0.3, -0.25) is 9.89 Å².